The van der Waals surface area contributed by atoms with Crippen molar-refractivity contribution in [2.45, 2.75) is 0 Å². The Balaban J connectivity index is 2.34. The minimum absolute atomic E-state index is 0.453. The van der Waals surface area contributed by atoms with E-state index in [0.29, 0.717) is 5.89 Å². The molecule has 0 atom stereocenters. The van der Waals surface area contributed by atoms with Gasteiger partial charge in [-0.1, -0.05) is 15.9 Å². The van der Waals surface area contributed by atoms with Gasteiger partial charge in [-0.25, -0.2) is 0 Å². The van der Waals surface area contributed by atoms with E-state index >= 15 is 0 Å². The third-order valence-electron chi connectivity index (χ3n) is 2.67. The summed E-state index contributed by atoms with van der Waals surface area (Å²) in [4.78, 5) is 4.40. The molecule has 0 saturated carbocycles. The fraction of sp³-hybridized carbons (Fsp3) is 0.0833. The molecule has 6 heteroatoms. The van der Waals surface area contributed by atoms with Crippen LogP contribution in [-0.2, 0) is 0 Å². The number of nitrogens with zero attached hydrogens (tertiary/aromatic N) is 3. The monoisotopic (exact) mass is 304 g/mol. The first-order chi connectivity index (χ1) is 8.79. The molecule has 0 radical (unpaired) electrons. The summed E-state index contributed by atoms with van der Waals surface area (Å²) in [5, 5.41) is 11.8. The number of pyridine rings is 1. The van der Waals surface area contributed by atoms with Crippen LogP contribution < -0.4 is 5.32 Å². The Morgan fingerprint density at radius 3 is 2.94 bits per heavy atom. The number of rotatable bonds is 2. The van der Waals surface area contributed by atoms with Crippen LogP contribution in [0.15, 0.2) is 39.7 Å². The predicted octanol–water partition coefficient (Wildman–Crippen LogP) is 3.09. The van der Waals surface area contributed by atoms with Crippen molar-refractivity contribution in [3.05, 3.63) is 35.3 Å². The molecule has 0 amide bonds. The van der Waals surface area contributed by atoms with E-state index in [2.05, 4.69) is 36.4 Å². The molecule has 0 spiro atoms. The lowest BCUT2D eigenvalue weighted by Crippen LogP contribution is -1.95. The van der Waals surface area contributed by atoms with Gasteiger partial charge in [0.25, 0.3) is 5.89 Å². The van der Waals surface area contributed by atoms with E-state index < -0.39 is 0 Å². The summed E-state index contributed by atoms with van der Waals surface area (Å²) in [5.41, 5.74) is 2.62. The molecule has 0 saturated heterocycles. The van der Waals surface area contributed by atoms with Crippen LogP contribution in [0.5, 0.6) is 0 Å². The van der Waals surface area contributed by atoms with Crippen LogP contribution >= 0.6 is 15.9 Å². The molecule has 0 unspecified atom stereocenters. The Morgan fingerprint density at radius 1 is 1.33 bits per heavy atom. The van der Waals surface area contributed by atoms with Gasteiger partial charge in [0, 0.05) is 23.1 Å². The van der Waals surface area contributed by atoms with E-state index in [1.165, 1.54) is 6.39 Å². The summed E-state index contributed by atoms with van der Waals surface area (Å²) < 4.78 is 6.22. The highest BCUT2D eigenvalue weighted by atomic mass is 79.9. The topological polar surface area (TPSA) is 63.8 Å². The average Bonchev–Trinajstić information content (AvgIpc) is 2.91. The number of anilines is 1. The van der Waals surface area contributed by atoms with E-state index in [1.54, 1.807) is 6.20 Å². The van der Waals surface area contributed by atoms with Gasteiger partial charge >= 0.3 is 0 Å². The van der Waals surface area contributed by atoms with Gasteiger partial charge in [-0.05, 0) is 18.2 Å². The van der Waals surface area contributed by atoms with Crippen molar-refractivity contribution in [2.75, 3.05) is 12.4 Å². The van der Waals surface area contributed by atoms with Gasteiger partial charge in [0.1, 0.15) is 0 Å². The van der Waals surface area contributed by atoms with Crippen molar-refractivity contribution in [1.82, 2.24) is 15.2 Å². The molecule has 2 heterocycles. The van der Waals surface area contributed by atoms with E-state index in [-0.39, 0.29) is 0 Å². The van der Waals surface area contributed by atoms with E-state index in [4.69, 9.17) is 4.42 Å². The van der Waals surface area contributed by atoms with Crippen molar-refractivity contribution in [1.29, 1.82) is 0 Å². The highest BCUT2D eigenvalue weighted by Gasteiger charge is 2.13. The molecule has 5 nitrogen and oxygen atoms in total. The number of benzene rings is 1. The molecular weight excluding hydrogens is 296 g/mol. The van der Waals surface area contributed by atoms with Crippen molar-refractivity contribution < 1.29 is 4.42 Å². The second kappa shape index (κ2) is 4.38. The summed E-state index contributed by atoms with van der Waals surface area (Å²) in [6, 6.07) is 5.92. The first-order valence-corrected chi connectivity index (χ1v) is 6.11. The predicted molar refractivity (Wildman–Crippen MR) is 72.3 cm³/mol. The van der Waals surface area contributed by atoms with Gasteiger partial charge in [0.05, 0.1) is 16.8 Å². The second-order valence-electron chi connectivity index (χ2n) is 3.70. The summed E-state index contributed by atoms with van der Waals surface area (Å²) in [5.74, 6) is 0.453. The van der Waals surface area contributed by atoms with Crippen LogP contribution in [0.2, 0.25) is 0 Å². The standard InChI is InChI=1S/C12H9BrN4O/c1-14-11-8-4-7(13)2-3-10(8)15-5-9(11)12-17-16-6-18-12/h2-6H,1H3,(H,14,15). The summed E-state index contributed by atoms with van der Waals surface area (Å²) >= 11 is 3.46. The molecule has 2 aromatic heterocycles. The van der Waals surface area contributed by atoms with Crippen molar-refractivity contribution in [2.24, 2.45) is 0 Å². The third kappa shape index (κ3) is 1.74. The van der Waals surface area contributed by atoms with Gasteiger partial charge < -0.3 is 9.73 Å². The van der Waals surface area contributed by atoms with E-state index in [9.17, 15) is 0 Å². The SMILES string of the molecule is CNc1c(-c2nnco2)cnc2ccc(Br)cc12. The maximum Gasteiger partial charge on any atom is 0.251 e. The average molecular weight is 305 g/mol. The maximum atomic E-state index is 5.23. The maximum absolute atomic E-state index is 5.23. The van der Waals surface area contributed by atoms with Crippen LogP contribution in [0.25, 0.3) is 22.4 Å². The molecule has 0 aliphatic carbocycles. The van der Waals surface area contributed by atoms with Gasteiger partial charge in [-0.3, -0.25) is 4.98 Å². The highest BCUT2D eigenvalue weighted by Crippen LogP contribution is 2.33. The minimum Gasteiger partial charge on any atom is -0.423 e. The Morgan fingerprint density at radius 2 is 2.22 bits per heavy atom. The zero-order valence-corrected chi connectivity index (χ0v) is 11.1. The first kappa shape index (κ1) is 11.2. The van der Waals surface area contributed by atoms with Crippen LogP contribution in [0.4, 0.5) is 5.69 Å². The quantitative estimate of drug-likeness (QED) is 0.788. The minimum atomic E-state index is 0.453. The Labute approximate surface area is 111 Å². The largest absolute Gasteiger partial charge is 0.423 e. The van der Waals surface area contributed by atoms with Crippen LogP contribution in [-0.4, -0.2) is 22.2 Å². The molecule has 3 rings (SSSR count). The lowest BCUT2D eigenvalue weighted by atomic mass is 10.1. The number of halogens is 1. The van der Waals surface area contributed by atoms with Gasteiger partial charge in [-0.2, -0.15) is 0 Å². The zero-order valence-electron chi connectivity index (χ0n) is 9.51. The van der Waals surface area contributed by atoms with Gasteiger partial charge in [-0.15, -0.1) is 10.2 Å². The fourth-order valence-corrected chi connectivity index (χ4v) is 2.25. The van der Waals surface area contributed by atoms with Crippen molar-refractivity contribution in [3.8, 4) is 11.5 Å². The molecule has 1 N–H and O–H groups in total. The van der Waals surface area contributed by atoms with Gasteiger partial charge in [0.15, 0.2) is 0 Å². The van der Waals surface area contributed by atoms with E-state index in [1.807, 2.05) is 25.2 Å². The lowest BCUT2D eigenvalue weighted by Gasteiger charge is -2.09. The molecule has 0 aliphatic rings. The molecule has 18 heavy (non-hydrogen) atoms. The summed E-state index contributed by atoms with van der Waals surface area (Å²) in [7, 11) is 1.86. The smallest absolute Gasteiger partial charge is 0.251 e. The third-order valence-corrected chi connectivity index (χ3v) is 3.16. The van der Waals surface area contributed by atoms with Crippen LogP contribution in [0.3, 0.4) is 0 Å². The molecular formula is C12H9BrN4O. The number of aromatic nitrogens is 3. The molecule has 0 bridgehead atoms. The lowest BCUT2D eigenvalue weighted by molar-refractivity contribution is 0.568. The first-order valence-electron chi connectivity index (χ1n) is 5.32. The highest BCUT2D eigenvalue weighted by molar-refractivity contribution is 9.10. The molecule has 0 fully saturated rings. The van der Waals surface area contributed by atoms with Crippen LogP contribution in [0, 0.1) is 0 Å². The fourth-order valence-electron chi connectivity index (χ4n) is 1.89. The molecule has 1 aromatic carbocycles. The zero-order chi connectivity index (χ0) is 12.5. The molecule has 90 valence electrons. The Bertz CT molecular complexity index is 697. The number of nitrogens with one attached hydrogen (secondary N) is 1. The number of hydrogen-bond acceptors (Lipinski definition) is 5. The molecule has 0 aliphatic heterocycles. The van der Waals surface area contributed by atoms with E-state index in [0.717, 1.165) is 26.6 Å². The van der Waals surface area contributed by atoms with Crippen molar-refractivity contribution >= 4 is 32.5 Å². The van der Waals surface area contributed by atoms with Gasteiger partial charge in [0.2, 0.25) is 6.39 Å². The number of hydrogen-bond donors (Lipinski definition) is 1. The number of fused-ring (bicyclic) bond motifs is 1. The summed E-state index contributed by atoms with van der Waals surface area (Å²) in [6.07, 6.45) is 3.04. The Hall–Kier alpha value is -1.95. The van der Waals surface area contributed by atoms with Crippen LogP contribution in [0.1, 0.15) is 0 Å². The Kier molecular flexibility index (Phi) is 2.71. The second-order valence-corrected chi connectivity index (χ2v) is 4.62. The summed E-state index contributed by atoms with van der Waals surface area (Å²) in [6.45, 7) is 0. The molecule has 3 aromatic rings. The normalized spacial score (nSPS) is 10.8. The van der Waals surface area contributed by atoms with Crippen molar-refractivity contribution in [3.63, 3.8) is 0 Å².